The molecule has 2 rings (SSSR count). The SMILES string of the molecule is O=C(O)CN(C(=O)c1cccc(F)c1Cl)C1CC1. The van der Waals surface area contributed by atoms with E-state index in [4.69, 9.17) is 16.7 Å². The molecule has 1 aromatic rings. The van der Waals surface area contributed by atoms with E-state index in [0.29, 0.717) is 0 Å². The number of hydrogen-bond acceptors (Lipinski definition) is 2. The molecule has 1 aliphatic rings. The van der Waals surface area contributed by atoms with Crippen LogP contribution in [0.25, 0.3) is 0 Å². The summed E-state index contributed by atoms with van der Waals surface area (Å²) in [6.45, 7) is -0.393. The average molecular weight is 272 g/mol. The maximum absolute atomic E-state index is 13.3. The minimum atomic E-state index is -1.09. The molecule has 0 aromatic heterocycles. The van der Waals surface area contributed by atoms with Gasteiger partial charge in [-0.1, -0.05) is 17.7 Å². The second-order valence-corrected chi connectivity index (χ2v) is 4.54. The van der Waals surface area contributed by atoms with Gasteiger partial charge in [-0.25, -0.2) is 4.39 Å². The molecule has 0 spiro atoms. The molecule has 4 nitrogen and oxygen atoms in total. The summed E-state index contributed by atoms with van der Waals surface area (Å²) in [5, 5.41) is 8.51. The lowest BCUT2D eigenvalue weighted by atomic mass is 10.2. The zero-order valence-corrected chi connectivity index (χ0v) is 10.2. The number of halogens is 2. The van der Waals surface area contributed by atoms with Crippen molar-refractivity contribution in [3.05, 3.63) is 34.6 Å². The van der Waals surface area contributed by atoms with Gasteiger partial charge in [0.2, 0.25) is 0 Å². The summed E-state index contributed by atoms with van der Waals surface area (Å²) < 4.78 is 13.3. The molecule has 6 heteroatoms. The van der Waals surface area contributed by atoms with Gasteiger partial charge in [-0.2, -0.15) is 0 Å². The van der Waals surface area contributed by atoms with Crippen LogP contribution in [0.3, 0.4) is 0 Å². The van der Waals surface area contributed by atoms with Gasteiger partial charge in [-0.05, 0) is 25.0 Å². The van der Waals surface area contributed by atoms with Crippen molar-refractivity contribution in [2.24, 2.45) is 0 Å². The summed E-state index contributed by atoms with van der Waals surface area (Å²) in [6.07, 6.45) is 1.54. The molecule has 0 saturated heterocycles. The molecular formula is C12H11ClFNO3. The van der Waals surface area contributed by atoms with Crippen molar-refractivity contribution in [3.8, 4) is 0 Å². The number of carbonyl (C=O) groups is 2. The molecule has 1 aromatic carbocycles. The predicted octanol–water partition coefficient (Wildman–Crippen LogP) is 2.17. The van der Waals surface area contributed by atoms with E-state index in [1.165, 1.54) is 17.0 Å². The summed E-state index contributed by atoms with van der Waals surface area (Å²) in [5.41, 5.74) is 0.00446. The fourth-order valence-electron chi connectivity index (χ4n) is 1.72. The highest BCUT2D eigenvalue weighted by atomic mass is 35.5. The Labute approximate surface area is 108 Å². The van der Waals surface area contributed by atoms with E-state index >= 15 is 0 Å². The van der Waals surface area contributed by atoms with Gasteiger partial charge >= 0.3 is 5.97 Å². The Hall–Kier alpha value is -1.62. The number of carboxylic acids is 1. The van der Waals surface area contributed by atoms with Crippen molar-refractivity contribution in [2.75, 3.05) is 6.54 Å². The highest BCUT2D eigenvalue weighted by Gasteiger charge is 2.35. The number of rotatable bonds is 4. The Kier molecular flexibility index (Phi) is 3.52. The van der Waals surface area contributed by atoms with E-state index in [-0.39, 0.29) is 16.6 Å². The van der Waals surface area contributed by atoms with Gasteiger partial charge in [0, 0.05) is 6.04 Å². The Morgan fingerprint density at radius 2 is 2.11 bits per heavy atom. The number of benzene rings is 1. The first-order valence-electron chi connectivity index (χ1n) is 5.47. The van der Waals surface area contributed by atoms with E-state index < -0.39 is 24.2 Å². The largest absolute Gasteiger partial charge is 0.480 e. The molecule has 1 saturated carbocycles. The van der Waals surface area contributed by atoms with Crippen molar-refractivity contribution in [3.63, 3.8) is 0 Å². The van der Waals surface area contributed by atoms with Crippen molar-refractivity contribution in [1.82, 2.24) is 4.90 Å². The monoisotopic (exact) mass is 271 g/mol. The van der Waals surface area contributed by atoms with E-state index in [2.05, 4.69) is 0 Å². The molecule has 96 valence electrons. The summed E-state index contributed by atoms with van der Waals surface area (Å²) in [6, 6.07) is 3.84. The standard InChI is InChI=1S/C12H11ClFNO3/c13-11-8(2-1-3-9(11)14)12(18)15(6-10(16)17)7-4-5-7/h1-3,7H,4-6H2,(H,16,17). The second kappa shape index (κ2) is 4.94. The van der Waals surface area contributed by atoms with Crippen LogP contribution in [0.4, 0.5) is 4.39 Å². The summed E-state index contributed by atoms with van der Waals surface area (Å²) in [5.74, 6) is -2.32. The average Bonchev–Trinajstić information content (AvgIpc) is 3.12. The number of amides is 1. The normalized spacial score (nSPS) is 14.3. The van der Waals surface area contributed by atoms with Crippen molar-refractivity contribution in [1.29, 1.82) is 0 Å². The van der Waals surface area contributed by atoms with Crippen LogP contribution >= 0.6 is 11.6 Å². The first-order chi connectivity index (χ1) is 8.50. The quantitative estimate of drug-likeness (QED) is 0.913. The molecule has 0 radical (unpaired) electrons. The molecule has 0 unspecified atom stereocenters. The molecule has 0 aliphatic heterocycles. The maximum atomic E-state index is 13.3. The third-order valence-electron chi connectivity index (χ3n) is 2.74. The van der Waals surface area contributed by atoms with Crippen LogP contribution in [0, 0.1) is 5.82 Å². The molecule has 1 amide bonds. The smallest absolute Gasteiger partial charge is 0.323 e. The van der Waals surface area contributed by atoms with Crippen molar-refractivity contribution in [2.45, 2.75) is 18.9 Å². The van der Waals surface area contributed by atoms with E-state index in [1.807, 2.05) is 0 Å². The lowest BCUT2D eigenvalue weighted by Gasteiger charge is -2.20. The highest BCUT2D eigenvalue weighted by Crippen LogP contribution is 2.30. The topological polar surface area (TPSA) is 57.6 Å². The molecule has 0 heterocycles. The Balaban J connectivity index is 2.27. The van der Waals surface area contributed by atoms with E-state index in [9.17, 15) is 14.0 Å². The van der Waals surface area contributed by atoms with Gasteiger partial charge in [0.25, 0.3) is 5.91 Å². The number of carbonyl (C=O) groups excluding carboxylic acids is 1. The third kappa shape index (κ3) is 2.61. The van der Waals surface area contributed by atoms with E-state index in [0.717, 1.165) is 18.9 Å². The molecule has 1 fully saturated rings. The Morgan fingerprint density at radius 1 is 1.44 bits per heavy atom. The van der Waals surface area contributed by atoms with Gasteiger partial charge in [0.1, 0.15) is 12.4 Å². The molecule has 0 bridgehead atoms. The first-order valence-corrected chi connectivity index (χ1v) is 5.85. The number of hydrogen-bond donors (Lipinski definition) is 1. The zero-order valence-electron chi connectivity index (χ0n) is 9.40. The summed E-state index contributed by atoms with van der Waals surface area (Å²) in [4.78, 5) is 24.1. The first kappa shape index (κ1) is 12.8. The van der Waals surface area contributed by atoms with Gasteiger partial charge in [0.15, 0.2) is 0 Å². The number of carboxylic acid groups (broad SMARTS) is 1. The summed E-state index contributed by atoms with van der Waals surface area (Å²) >= 11 is 5.72. The molecular weight excluding hydrogens is 261 g/mol. The fraction of sp³-hybridized carbons (Fsp3) is 0.333. The van der Waals surface area contributed by atoms with Crippen molar-refractivity contribution < 1.29 is 19.1 Å². The molecule has 1 aliphatic carbocycles. The zero-order chi connectivity index (χ0) is 13.3. The lowest BCUT2D eigenvalue weighted by Crippen LogP contribution is -2.37. The summed E-state index contributed by atoms with van der Waals surface area (Å²) in [7, 11) is 0. The van der Waals surface area contributed by atoms with Crippen LogP contribution in [0.15, 0.2) is 18.2 Å². The number of nitrogens with zero attached hydrogens (tertiary/aromatic N) is 1. The second-order valence-electron chi connectivity index (χ2n) is 4.16. The van der Waals surface area contributed by atoms with Gasteiger partial charge in [0.05, 0.1) is 10.6 Å². The minimum Gasteiger partial charge on any atom is -0.480 e. The Bertz CT molecular complexity index is 502. The molecule has 1 N–H and O–H groups in total. The van der Waals surface area contributed by atoms with Crippen LogP contribution in [0.2, 0.25) is 5.02 Å². The van der Waals surface area contributed by atoms with Gasteiger partial charge in [-0.3, -0.25) is 9.59 Å². The lowest BCUT2D eigenvalue weighted by molar-refractivity contribution is -0.137. The van der Waals surface area contributed by atoms with Crippen LogP contribution in [0.1, 0.15) is 23.2 Å². The predicted molar refractivity (Wildman–Crippen MR) is 63.1 cm³/mol. The maximum Gasteiger partial charge on any atom is 0.323 e. The van der Waals surface area contributed by atoms with Crippen LogP contribution in [-0.4, -0.2) is 34.5 Å². The van der Waals surface area contributed by atoms with Gasteiger partial charge < -0.3 is 10.0 Å². The van der Waals surface area contributed by atoms with Crippen LogP contribution in [0.5, 0.6) is 0 Å². The van der Waals surface area contributed by atoms with E-state index in [1.54, 1.807) is 0 Å². The van der Waals surface area contributed by atoms with Gasteiger partial charge in [-0.15, -0.1) is 0 Å². The highest BCUT2D eigenvalue weighted by molar-refractivity contribution is 6.34. The van der Waals surface area contributed by atoms with Crippen molar-refractivity contribution >= 4 is 23.5 Å². The number of aliphatic carboxylic acids is 1. The molecule has 0 atom stereocenters. The Morgan fingerprint density at radius 3 is 2.67 bits per heavy atom. The third-order valence-corrected chi connectivity index (χ3v) is 3.12. The fourth-order valence-corrected chi connectivity index (χ4v) is 1.93. The van der Waals surface area contributed by atoms with Crippen LogP contribution < -0.4 is 0 Å². The van der Waals surface area contributed by atoms with Crippen LogP contribution in [-0.2, 0) is 4.79 Å². The molecule has 18 heavy (non-hydrogen) atoms. The minimum absolute atomic E-state index is 0.00446.